The predicted octanol–water partition coefficient (Wildman–Crippen LogP) is 4.85. The highest BCUT2D eigenvalue weighted by atomic mass is 19.1. The first-order valence-electron chi connectivity index (χ1n) is 9.03. The van der Waals surface area contributed by atoms with Crippen molar-refractivity contribution in [3.8, 4) is 11.3 Å². The second kappa shape index (κ2) is 6.44. The van der Waals surface area contributed by atoms with Gasteiger partial charge < -0.3 is 9.73 Å². The van der Waals surface area contributed by atoms with Crippen molar-refractivity contribution in [1.82, 2.24) is 10.2 Å². The van der Waals surface area contributed by atoms with Crippen molar-refractivity contribution in [3.63, 3.8) is 0 Å². The quantitative estimate of drug-likeness (QED) is 0.637. The Kier molecular flexibility index (Phi) is 4.18. The van der Waals surface area contributed by atoms with Crippen LogP contribution >= 0.6 is 0 Å². The van der Waals surface area contributed by atoms with E-state index in [1.807, 2.05) is 13.0 Å². The standard InChI is InChI=1S/C21H21FN4O2/c1-11-13(8-18(28-11)21(2,3)4)17-9-19(26-25-17)23-10-15-14-7-12(22)5-6-16(14)24-20(15)27/h5-10,15H,1-4H3,(H,24,27)(H,25,26). The third-order valence-corrected chi connectivity index (χ3v) is 4.76. The molecule has 0 aliphatic carbocycles. The van der Waals surface area contributed by atoms with E-state index >= 15 is 0 Å². The summed E-state index contributed by atoms with van der Waals surface area (Å²) in [5.41, 5.74) is 2.79. The summed E-state index contributed by atoms with van der Waals surface area (Å²) in [7, 11) is 0. The van der Waals surface area contributed by atoms with Gasteiger partial charge >= 0.3 is 0 Å². The Balaban J connectivity index is 1.59. The Morgan fingerprint density at radius 2 is 2.04 bits per heavy atom. The zero-order chi connectivity index (χ0) is 20.1. The molecule has 6 nitrogen and oxygen atoms in total. The van der Waals surface area contributed by atoms with Gasteiger partial charge in [-0.2, -0.15) is 5.10 Å². The molecule has 1 aliphatic heterocycles. The topological polar surface area (TPSA) is 83.3 Å². The van der Waals surface area contributed by atoms with Gasteiger partial charge in [-0.05, 0) is 36.8 Å². The fourth-order valence-electron chi connectivity index (χ4n) is 3.19. The van der Waals surface area contributed by atoms with Crippen LogP contribution in [0.4, 0.5) is 15.9 Å². The van der Waals surface area contributed by atoms with Crippen molar-refractivity contribution < 1.29 is 13.6 Å². The van der Waals surface area contributed by atoms with E-state index < -0.39 is 5.92 Å². The molecular formula is C21H21FN4O2. The van der Waals surface area contributed by atoms with Gasteiger partial charge in [0.25, 0.3) is 0 Å². The first-order valence-corrected chi connectivity index (χ1v) is 9.03. The molecule has 0 bridgehead atoms. The summed E-state index contributed by atoms with van der Waals surface area (Å²) in [5.74, 6) is 0.852. The number of nitrogens with one attached hydrogen (secondary N) is 2. The van der Waals surface area contributed by atoms with Gasteiger partial charge in [0, 0.05) is 28.9 Å². The van der Waals surface area contributed by atoms with Crippen molar-refractivity contribution >= 4 is 23.6 Å². The molecule has 0 radical (unpaired) electrons. The highest BCUT2D eigenvalue weighted by molar-refractivity contribution is 6.12. The summed E-state index contributed by atoms with van der Waals surface area (Å²) in [6, 6.07) is 8.01. The predicted molar refractivity (Wildman–Crippen MR) is 106 cm³/mol. The van der Waals surface area contributed by atoms with Crippen LogP contribution in [0.15, 0.2) is 39.7 Å². The van der Waals surface area contributed by atoms with E-state index in [1.165, 1.54) is 18.3 Å². The van der Waals surface area contributed by atoms with Crippen LogP contribution in [0.5, 0.6) is 0 Å². The molecule has 1 unspecified atom stereocenters. The van der Waals surface area contributed by atoms with Crippen LogP contribution in [-0.2, 0) is 10.2 Å². The van der Waals surface area contributed by atoms with Gasteiger partial charge in [0.2, 0.25) is 5.91 Å². The number of rotatable bonds is 3. The number of aromatic amines is 1. The van der Waals surface area contributed by atoms with E-state index in [0.717, 1.165) is 22.8 Å². The Bertz CT molecular complexity index is 1090. The van der Waals surface area contributed by atoms with E-state index in [4.69, 9.17) is 4.42 Å². The molecule has 0 fully saturated rings. The van der Waals surface area contributed by atoms with Gasteiger partial charge in [-0.25, -0.2) is 9.38 Å². The molecule has 2 N–H and O–H groups in total. The summed E-state index contributed by atoms with van der Waals surface area (Å²) >= 11 is 0. The zero-order valence-electron chi connectivity index (χ0n) is 16.1. The van der Waals surface area contributed by atoms with Gasteiger partial charge in [0.05, 0.1) is 5.69 Å². The molecular weight excluding hydrogens is 359 g/mol. The summed E-state index contributed by atoms with van der Waals surface area (Å²) in [4.78, 5) is 16.5. The lowest BCUT2D eigenvalue weighted by Gasteiger charge is -2.13. The number of carbonyl (C=O) groups excluding carboxylic acids is 1. The normalized spacial score (nSPS) is 16.6. The second-order valence-electron chi connectivity index (χ2n) is 7.95. The molecule has 1 amide bonds. The van der Waals surface area contributed by atoms with Gasteiger partial charge in [-0.1, -0.05) is 20.8 Å². The van der Waals surface area contributed by atoms with Crippen LogP contribution in [0.1, 0.15) is 43.8 Å². The fraction of sp³-hybridized carbons (Fsp3) is 0.286. The van der Waals surface area contributed by atoms with Crippen molar-refractivity contribution in [1.29, 1.82) is 0 Å². The van der Waals surface area contributed by atoms with E-state index in [1.54, 1.807) is 12.1 Å². The average molecular weight is 380 g/mol. The Morgan fingerprint density at radius 1 is 1.25 bits per heavy atom. The minimum atomic E-state index is -0.644. The number of anilines is 1. The van der Waals surface area contributed by atoms with E-state index in [2.05, 4.69) is 41.3 Å². The number of hydrogen-bond acceptors (Lipinski definition) is 4. The number of furan rings is 1. The van der Waals surface area contributed by atoms with Crippen molar-refractivity contribution in [2.75, 3.05) is 5.32 Å². The summed E-state index contributed by atoms with van der Waals surface area (Å²) in [6.07, 6.45) is 1.49. The van der Waals surface area contributed by atoms with Crippen LogP contribution in [0.25, 0.3) is 11.3 Å². The maximum Gasteiger partial charge on any atom is 0.237 e. The largest absolute Gasteiger partial charge is 0.465 e. The molecule has 4 rings (SSSR count). The molecule has 0 saturated carbocycles. The van der Waals surface area contributed by atoms with Crippen LogP contribution in [0.3, 0.4) is 0 Å². The summed E-state index contributed by atoms with van der Waals surface area (Å²) < 4.78 is 19.4. The molecule has 1 atom stereocenters. The van der Waals surface area contributed by atoms with Crippen molar-refractivity contribution in [2.45, 2.75) is 39.0 Å². The van der Waals surface area contributed by atoms with E-state index in [9.17, 15) is 9.18 Å². The highest BCUT2D eigenvalue weighted by Crippen LogP contribution is 2.34. The fourth-order valence-corrected chi connectivity index (χ4v) is 3.19. The van der Waals surface area contributed by atoms with Gasteiger partial charge in [-0.3, -0.25) is 9.89 Å². The number of carbonyl (C=O) groups is 1. The lowest BCUT2D eigenvalue weighted by atomic mass is 9.93. The lowest BCUT2D eigenvalue weighted by Crippen LogP contribution is -2.12. The SMILES string of the molecule is Cc1oc(C(C)(C)C)cc1-c1cc(N=CC2C(=O)Nc3ccc(F)cc32)n[nH]1. The van der Waals surface area contributed by atoms with Crippen LogP contribution in [-0.4, -0.2) is 22.3 Å². The minimum Gasteiger partial charge on any atom is -0.465 e. The van der Waals surface area contributed by atoms with Gasteiger partial charge in [0.1, 0.15) is 23.3 Å². The number of hydrogen-bond donors (Lipinski definition) is 2. The number of aliphatic imine (C=N–C) groups is 1. The highest BCUT2D eigenvalue weighted by Gasteiger charge is 2.29. The maximum absolute atomic E-state index is 13.5. The first-order chi connectivity index (χ1) is 13.2. The molecule has 28 heavy (non-hydrogen) atoms. The van der Waals surface area contributed by atoms with Crippen LogP contribution in [0, 0.1) is 12.7 Å². The van der Waals surface area contributed by atoms with Gasteiger partial charge in [-0.15, -0.1) is 0 Å². The molecule has 1 aromatic carbocycles. The van der Waals surface area contributed by atoms with Gasteiger partial charge in [0.15, 0.2) is 5.82 Å². The molecule has 1 aliphatic rings. The van der Waals surface area contributed by atoms with E-state index in [-0.39, 0.29) is 17.1 Å². The summed E-state index contributed by atoms with van der Waals surface area (Å²) in [6.45, 7) is 8.17. The number of aromatic nitrogens is 2. The number of amides is 1. The molecule has 0 spiro atoms. The average Bonchev–Trinajstić information content (AvgIpc) is 3.29. The molecule has 3 heterocycles. The Morgan fingerprint density at radius 3 is 2.75 bits per heavy atom. The number of fused-ring (bicyclic) bond motifs is 1. The summed E-state index contributed by atoms with van der Waals surface area (Å²) in [5, 5.41) is 9.88. The van der Waals surface area contributed by atoms with Crippen molar-refractivity contribution in [3.05, 3.63) is 53.2 Å². The van der Waals surface area contributed by atoms with E-state index in [0.29, 0.717) is 17.1 Å². The number of halogens is 1. The zero-order valence-corrected chi connectivity index (χ0v) is 16.1. The number of aryl methyl sites for hydroxylation is 1. The van der Waals surface area contributed by atoms with Crippen LogP contribution in [0.2, 0.25) is 0 Å². The number of H-pyrrole nitrogens is 1. The number of nitrogens with zero attached hydrogens (tertiary/aromatic N) is 2. The Labute approximate surface area is 161 Å². The first kappa shape index (κ1) is 18.2. The number of benzene rings is 1. The molecule has 7 heteroatoms. The minimum absolute atomic E-state index is 0.0947. The molecule has 2 aromatic heterocycles. The third-order valence-electron chi connectivity index (χ3n) is 4.76. The maximum atomic E-state index is 13.5. The van der Waals surface area contributed by atoms with Crippen molar-refractivity contribution in [2.24, 2.45) is 4.99 Å². The third kappa shape index (κ3) is 3.24. The molecule has 3 aromatic rings. The molecule has 144 valence electrons. The smallest absolute Gasteiger partial charge is 0.237 e. The van der Waals surface area contributed by atoms with Crippen LogP contribution < -0.4 is 5.32 Å². The monoisotopic (exact) mass is 380 g/mol. The second-order valence-corrected chi connectivity index (χ2v) is 7.95. The Hall–Kier alpha value is -3.22. The lowest BCUT2D eigenvalue weighted by molar-refractivity contribution is -0.115. The molecule has 0 saturated heterocycles.